The average Bonchev–Trinajstić information content (AvgIpc) is 2.29. The molecule has 1 saturated carbocycles. The molecule has 0 amide bonds. The molecule has 1 aromatic carbocycles. The Morgan fingerprint density at radius 3 is 2.78 bits per heavy atom. The van der Waals surface area contributed by atoms with E-state index in [-0.39, 0.29) is 0 Å². The summed E-state index contributed by atoms with van der Waals surface area (Å²) in [5.41, 5.74) is 1.44. The number of nitrogens with one attached hydrogen (secondary N) is 1. The van der Waals surface area contributed by atoms with Crippen LogP contribution in [0.3, 0.4) is 0 Å². The van der Waals surface area contributed by atoms with Gasteiger partial charge in [0.2, 0.25) is 0 Å². The Kier molecular flexibility index (Phi) is 5.22. The van der Waals surface area contributed by atoms with Crippen LogP contribution in [0.4, 0.5) is 0 Å². The van der Waals surface area contributed by atoms with Crippen molar-refractivity contribution in [2.24, 2.45) is 5.92 Å². The third-order valence-electron chi connectivity index (χ3n) is 3.86. The van der Waals surface area contributed by atoms with Crippen molar-refractivity contribution in [3.05, 3.63) is 34.3 Å². The number of aliphatic hydroxyl groups is 1. The van der Waals surface area contributed by atoms with Crippen molar-refractivity contribution < 1.29 is 5.11 Å². The van der Waals surface area contributed by atoms with Crippen LogP contribution in [0.1, 0.15) is 37.7 Å². The Labute approximate surface area is 118 Å². The summed E-state index contributed by atoms with van der Waals surface area (Å²) in [6.45, 7) is 3.51. The molecule has 0 bridgehead atoms. The molecule has 0 heterocycles. The topological polar surface area (TPSA) is 32.3 Å². The SMILES string of the molecule is CC(CCO)CNC1CC(c2ccccc2Br)C1. The lowest BCUT2D eigenvalue weighted by molar-refractivity contribution is 0.240. The Bertz CT molecular complexity index is 377. The zero-order valence-electron chi connectivity index (χ0n) is 10.9. The minimum atomic E-state index is 0.299. The van der Waals surface area contributed by atoms with Gasteiger partial charge in [-0.15, -0.1) is 0 Å². The first-order valence-electron chi connectivity index (χ1n) is 6.79. The van der Waals surface area contributed by atoms with Gasteiger partial charge >= 0.3 is 0 Å². The Morgan fingerprint density at radius 1 is 1.39 bits per heavy atom. The van der Waals surface area contributed by atoms with Crippen molar-refractivity contribution in [3.63, 3.8) is 0 Å². The molecule has 1 atom stereocenters. The summed E-state index contributed by atoms with van der Waals surface area (Å²) in [5.74, 6) is 1.27. The van der Waals surface area contributed by atoms with E-state index in [2.05, 4.69) is 52.4 Å². The molecule has 100 valence electrons. The van der Waals surface area contributed by atoms with Gasteiger partial charge in [0.25, 0.3) is 0 Å². The third-order valence-corrected chi connectivity index (χ3v) is 4.58. The van der Waals surface area contributed by atoms with Crippen LogP contribution in [0.15, 0.2) is 28.7 Å². The van der Waals surface area contributed by atoms with Gasteiger partial charge in [0, 0.05) is 17.1 Å². The number of benzene rings is 1. The highest BCUT2D eigenvalue weighted by atomic mass is 79.9. The number of hydrogen-bond acceptors (Lipinski definition) is 2. The fourth-order valence-electron chi connectivity index (χ4n) is 2.53. The highest BCUT2D eigenvalue weighted by Crippen LogP contribution is 2.39. The lowest BCUT2D eigenvalue weighted by Crippen LogP contribution is -2.42. The average molecular weight is 312 g/mol. The molecule has 0 aliphatic heterocycles. The van der Waals surface area contributed by atoms with Crippen molar-refractivity contribution >= 4 is 15.9 Å². The van der Waals surface area contributed by atoms with E-state index in [4.69, 9.17) is 5.11 Å². The first kappa shape index (κ1) is 14.0. The molecule has 0 aromatic heterocycles. The molecule has 18 heavy (non-hydrogen) atoms. The number of aliphatic hydroxyl groups excluding tert-OH is 1. The molecule has 2 nitrogen and oxygen atoms in total. The van der Waals surface area contributed by atoms with E-state index in [0.717, 1.165) is 13.0 Å². The van der Waals surface area contributed by atoms with Crippen molar-refractivity contribution in [2.75, 3.05) is 13.2 Å². The number of rotatable bonds is 6. The van der Waals surface area contributed by atoms with Crippen LogP contribution in [-0.2, 0) is 0 Å². The summed E-state index contributed by atoms with van der Waals surface area (Å²) < 4.78 is 1.24. The molecule has 2 rings (SSSR count). The molecule has 1 aliphatic carbocycles. The summed E-state index contributed by atoms with van der Waals surface area (Å²) in [5, 5.41) is 12.5. The summed E-state index contributed by atoms with van der Waals surface area (Å²) in [6, 6.07) is 9.19. The van der Waals surface area contributed by atoms with Crippen LogP contribution in [0.25, 0.3) is 0 Å². The van der Waals surface area contributed by atoms with E-state index in [1.54, 1.807) is 0 Å². The second kappa shape index (κ2) is 6.69. The molecule has 0 spiro atoms. The molecular weight excluding hydrogens is 290 g/mol. The lowest BCUT2D eigenvalue weighted by Gasteiger charge is -2.37. The highest BCUT2D eigenvalue weighted by Gasteiger charge is 2.30. The Hall–Kier alpha value is -0.380. The van der Waals surface area contributed by atoms with Gasteiger partial charge in [-0.2, -0.15) is 0 Å². The fourth-order valence-corrected chi connectivity index (χ4v) is 3.14. The van der Waals surface area contributed by atoms with Crippen molar-refractivity contribution in [1.82, 2.24) is 5.32 Å². The summed E-state index contributed by atoms with van der Waals surface area (Å²) in [7, 11) is 0. The molecule has 0 saturated heterocycles. The van der Waals surface area contributed by atoms with Gasteiger partial charge in [-0.25, -0.2) is 0 Å². The van der Waals surface area contributed by atoms with E-state index in [1.807, 2.05) is 0 Å². The maximum absolute atomic E-state index is 8.86. The standard InChI is InChI=1S/C15H22BrNO/c1-11(6-7-18)10-17-13-8-12(9-13)14-4-2-3-5-15(14)16/h2-5,11-13,17-18H,6-10H2,1H3. The Balaban J connectivity index is 1.73. The zero-order chi connectivity index (χ0) is 13.0. The second-order valence-corrected chi connectivity index (χ2v) is 6.27. The molecular formula is C15H22BrNO. The van der Waals surface area contributed by atoms with Crippen molar-refractivity contribution in [2.45, 2.75) is 38.1 Å². The zero-order valence-corrected chi connectivity index (χ0v) is 12.5. The first-order valence-corrected chi connectivity index (χ1v) is 7.58. The van der Waals surface area contributed by atoms with Crippen molar-refractivity contribution in [3.8, 4) is 0 Å². The van der Waals surface area contributed by atoms with Crippen LogP contribution in [-0.4, -0.2) is 24.3 Å². The van der Waals surface area contributed by atoms with Crippen LogP contribution < -0.4 is 5.32 Å². The van der Waals surface area contributed by atoms with Gasteiger partial charge in [-0.3, -0.25) is 0 Å². The molecule has 0 radical (unpaired) electrons. The number of halogens is 1. The summed E-state index contributed by atoms with van der Waals surface area (Å²) in [6.07, 6.45) is 3.36. The van der Waals surface area contributed by atoms with Gasteiger partial charge in [0.1, 0.15) is 0 Å². The van der Waals surface area contributed by atoms with Crippen molar-refractivity contribution in [1.29, 1.82) is 0 Å². The molecule has 1 fully saturated rings. The van der Waals surface area contributed by atoms with Gasteiger partial charge in [-0.05, 0) is 49.3 Å². The van der Waals surface area contributed by atoms with Gasteiger partial charge in [0.05, 0.1) is 0 Å². The largest absolute Gasteiger partial charge is 0.396 e. The quantitative estimate of drug-likeness (QED) is 0.845. The third kappa shape index (κ3) is 3.56. The summed E-state index contributed by atoms with van der Waals surface area (Å²) >= 11 is 3.63. The van der Waals surface area contributed by atoms with Crippen LogP contribution in [0.5, 0.6) is 0 Å². The molecule has 3 heteroatoms. The van der Waals surface area contributed by atoms with E-state index in [1.165, 1.54) is 22.9 Å². The van der Waals surface area contributed by atoms with Crippen LogP contribution in [0.2, 0.25) is 0 Å². The molecule has 1 unspecified atom stereocenters. The minimum absolute atomic E-state index is 0.299. The minimum Gasteiger partial charge on any atom is -0.396 e. The highest BCUT2D eigenvalue weighted by molar-refractivity contribution is 9.10. The van der Waals surface area contributed by atoms with E-state index >= 15 is 0 Å². The van der Waals surface area contributed by atoms with Gasteiger partial charge in [-0.1, -0.05) is 41.1 Å². The fraction of sp³-hybridized carbons (Fsp3) is 0.600. The summed E-state index contributed by atoms with van der Waals surface area (Å²) in [4.78, 5) is 0. The maximum Gasteiger partial charge on any atom is 0.0434 e. The predicted molar refractivity (Wildman–Crippen MR) is 78.8 cm³/mol. The van der Waals surface area contributed by atoms with Crippen LogP contribution in [0, 0.1) is 5.92 Å². The monoisotopic (exact) mass is 311 g/mol. The molecule has 2 N–H and O–H groups in total. The van der Waals surface area contributed by atoms with Crippen LogP contribution >= 0.6 is 15.9 Å². The first-order chi connectivity index (χ1) is 8.70. The van der Waals surface area contributed by atoms with E-state index < -0.39 is 0 Å². The Morgan fingerprint density at radius 2 is 2.11 bits per heavy atom. The smallest absolute Gasteiger partial charge is 0.0434 e. The van der Waals surface area contributed by atoms with E-state index in [9.17, 15) is 0 Å². The molecule has 1 aromatic rings. The van der Waals surface area contributed by atoms with Gasteiger partial charge < -0.3 is 10.4 Å². The number of hydrogen-bond donors (Lipinski definition) is 2. The van der Waals surface area contributed by atoms with E-state index in [0.29, 0.717) is 24.5 Å². The predicted octanol–water partition coefficient (Wildman–Crippen LogP) is 3.30. The normalized spacial score (nSPS) is 24.6. The second-order valence-electron chi connectivity index (χ2n) is 5.41. The van der Waals surface area contributed by atoms with Gasteiger partial charge in [0.15, 0.2) is 0 Å². The molecule has 1 aliphatic rings. The maximum atomic E-state index is 8.86. The lowest BCUT2D eigenvalue weighted by atomic mass is 9.76.